The Balaban J connectivity index is 0.00000196. The van der Waals surface area contributed by atoms with E-state index in [-0.39, 0.29) is 35.2 Å². The molecule has 0 spiro atoms. The fraction of sp³-hybridized carbons (Fsp3) is 0.389. The van der Waals surface area contributed by atoms with Gasteiger partial charge in [0, 0.05) is 18.5 Å². The van der Waals surface area contributed by atoms with E-state index in [0.717, 1.165) is 11.8 Å². The molecule has 2 aromatic carbocycles. The number of amides is 1. The summed E-state index contributed by atoms with van der Waals surface area (Å²) in [7, 11) is -3.70. The smallest absolute Gasteiger partial charge is 0.265 e. The third-order valence-corrected chi connectivity index (χ3v) is 7.17. The van der Waals surface area contributed by atoms with Crippen molar-refractivity contribution < 1.29 is 13.2 Å². The molecule has 8 heteroatoms. The topological polar surface area (TPSA) is 83.7 Å². The lowest BCUT2D eigenvalue weighted by atomic mass is 9.90. The predicted octanol–water partition coefficient (Wildman–Crippen LogP) is 1.97. The van der Waals surface area contributed by atoms with Gasteiger partial charge in [-0.1, -0.05) is 31.2 Å². The number of hydrogen-bond acceptors (Lipinski definition) is 4. The van der Waals surface area contributed by atoms with Crippen molar-refractivity contribution in [2.24, 2.45) is 11.1 Å². The van der Waals surface area contributed by atoms with Crippen molar-refractivity contribution in [3.63, 3.8) is 0 Å². The first-order valence-electron chi connectivity index (χ1n) is 8.38. The number of halogens is 1. The third kappa shape index (κ3) is 2.74. The van der Waals surface area contributed by atoms with Crippen molar-refractivity contribution in [2.45, 2.75) is 18.2 Å². The van der Waals surface area contributed by atoms with Gasteiger partial charge < -0.3 is 10.6 Å². The van der Waals surface area contributed by atoms with Crippen LogP contribution in [0.1, 0.15) is 13.3 Å². The van der Waals surface area contributed by atoms with Crippen molar-refractivity contribution in [2.75, 3.05) is 30.5 Å². The molecule has 6 nitrogen and oxygen atoms in total. The molecule has 2 aromatic rings. The van der Waals surface area contributed by atoms with E-state index in [1.54, 1.807) is 23.1 Å². The number of nitrogens with zero attached hydrogens (tertiary/aromatic N) is 2. The Hall–Kier alpha value is -1.83. The molecular weight excluding hydrogens is 374 g/mol. The Labute approximate surface area is 159 Å². The molecule has 0 radical (unpaired) electrons. The number of carbonyl (C=O) groups is 1. The van der Waals surface area contributed by atoms with Gasteiger partial charge in [-0.2, -0.15) is 0 Å². The molecule has 26 heavy (non-hydrogen) atoms. The highest BCUT2D eigenvalue weighted by Gasteiger charge is 2.40. The number of anilines is 1. The van der Waals surface area contributed by atoms with Crippen LogP contribution in [0.3, 0.4) is 0 Å². The molecule has 0 aromatic heterocycles. The summed E-state index contributed by atoms with van der Waals surface area (Å²) in [5.74, 6) is -0.175. The highest BCUT2D eigenvalue weighted by atomic mass is 35.5. The molecule has 2 aliphatic heterocycles. The molecule has 1 saturated heterocycles. The summed E-state index contributed by atoms with van der Waals surface area (Å²) in [6.45, 7) is 3.61. The summed E-state index contributed by atoms with van der Waals surface area (Å²) < 4.78 is 27.1. The Morgan fingerprint density at radius 2 is 1.92 bits per heavy atom. The quantitative estimate of drug-likeness (QED) is 0.861. The number of carbonyl (C=O) groups excluding carboxylic acids is 1. The zero-order valence-corrected chi connectivity index (χ0v) is 16.1. The second-order valence-corrected chi connectivity index (χ2v) is 9.05. The Morgan fingerprint density at radius 3 is 2.58 bits per heavy atom. The summed E-state index contributed by atoms with van der Waals surface area (Å²) in [5.41, 5.74) is 6.31. The molecular formula is C18H22ClN3O3S. The van der Waals surface area contributed by atoms with E-state index >= 15 is 0 Å². The number of nitrogens with two attached hydrogens (primary N) is 1. The van der Waals surface area contributed by atoms with E-state index in [4.69, 9.17) is 5.73 Å². The van der Waals surface area contributed by atoms with E-state index in [2.05, 4.69) is 6.92 Å². The minimum absolute atomic E-state index is 0. The number of likely N-dealkylation sites (tertiary alicyclic amines) is 1. The van der Waals surface area contributed by atoms with Crippen molar-refractivity contribution in [1.29, 1.82) is 0 Å². The van der Waals surface area contributed by atoms with Crippen LogP contribution in [0.2, 0.25) is 0 Å². The van der Waals surface area contributed by atoms with Crippen LogP contribution in [0, 0.1) is 5.41 Å². The minimum atomic E-state index is -3.70. The van der Waals surface area contributed by atoms with Gasteiger partial charge in [0.25, 0.3) is 10.0 Å². The van der Waals surface area contributed by atoms with E-state index in [1.165, 1.54) is 4.31 Å². The zero-order valence-electron chi connectivity index (χ0n) is 14.5. The summed E-state index contributed by atoms with van der Waals surface area (Å²) in [6.07, 6.45) is 0.845. The fourth-order valence-electron chi connectivity index (χ4n) is 3.75. The number of sulfonamides is 1. The molecule has 2 heterocycles. The fourth-order valence-corrected chi connectivity index (χ4v) is 5.41. The molecule has 4 rings (SSSR count). The number of benzene rings is 2. The molecule has 0 bridgehead atoms. The lowest BCUT2D eigenvalue weighted by molar-refractivity contribution is -0.128. The van der Waals surface area contributed by atoms with Crippen LogP contribution in [0.15, 0.2) is 41.3 Å². The third-order valence-electron chi connectivity index (χ3n) is 5.36. The highest BCUT2D eigenvalue weighted by molar-refractivity contribution is 7.93. The number of hydrogen-bond donors (Lipinski definition) is 1. The van der Waals surface area contributed by atoms with Gasteiger partial charge in [-0.15, -0.1) is 12.4 Å². The van der Waals surface area contributed by atoms with Crippen molar-refractivity contribution in [1.82, 2.24) is 4.90 Å². The largest absolute Gasteiger partial charge is 0.341 e. The minimum Gasteiger partial charge on any atom is -0.341 e. The molecule has 1 unspecified atom stereocenters. The summed E-state index contributed by atoms with van der Waals surface area (Å²) in [6, 6.07) is 10.7. The maximum absolute atomic E-state index is 12.9. The van der Waals surface area contributed by atoms with Gasteiger partial charge in [0.05, 0.1) is 10.6 Å². The second kappa shape index (κ2) is 6.40. The average Bonchev–Trinajstić information content (AvgIpc) is 3.10. The molecule has 1 amide bonds. The molecule has 1 atom stereocenters. The molecule has 1 fully saturated rings. The van der Waals surface area contributed by atoms with E-state index in [0.29, 0.717) is 30.7 Å². The lowest BCUT2D eigenvalue weighted by Gasteiger charge is -2.25. The average molecular weight is 396 g/mol. The standard InChI is InChI=1S/C18H21N3O3S.ClH/c1-18(11-19)8-9-20(12-18)16(22)10-21-14-6-2-4-13-5-3-7-15(17(13)14)25(21,23)24;/h2-7H,8-12,19H2,1H3;1H. The van der Waals surface area contributed by atoms with Gasteiger partial charge in [-0.25, -0.2) is 8.42 Å². The molecule has 0 aliphatic carbocycles. The summed E-state index contributed by atoms with van der Waals surface area (Å²) in [4.78, 5) is 14.7. The Kier molecular flexibility index (Phi) is 4.67. The zero-order chi connectivity index (χ0) is 17.8. The van der Waals surface area contributed by atoms with Crippen molar-refractivity contribution in [3.05, 3.63) is 36.4 Å². The molecule has 140 valence electrons. The summed E-state index contributed by atoms with van der Waals surface area (Å²) >= 11 is 0. The Morgan fingerprint density at radius 1 is 1.23 bits per heavy atom. The first-order chi connectivity index (χ1) is 11.9. The van der Waals surface area contributed by atoms with E-state index in [1.807, 2.05) is 18.2 Å². The van der Waals surface area contributed by atoms with Crippen LogP contribution >= 0.6 is 12.4 Å². The van der Waals surface area contributed by atoms with Crippen LogP contribution in [-0.2, 0) is 14.8 Å². The highest BCUT2D eigenvalue weighted by Crippen LogP contribution is 2.42. The maximum Gasteiger partial charge on any atom is 0.265 e. The van der Waals surface area contributed by atoms with Gasteiger partial charge in [0.2, 0.25) is 5.91 Å². The monoisotopic (exact) mass is 395 g/mol. The molecule has 2 aliphatic rings. The molecule has 0 saturated carbocycles. The van der Waals surface area contributed by atoms with E-state index < -0.39 is 10.0 Å². The van der Waals surface area contributed by atoms with Crippen LogP contribution in [0.25, 0.3) is 10.8 Å². The first kappa shape index (κ1) is 18.9. The van der Waals surface area contributed by atoms with Gasteiger partial charge >= 0.3 is 0 Å². The maximum atomic E-state index is 12.9. The van der Waals surface area contributed by atoms with Crippen LogP contribution < -0.4 is 10.0 Å². The van der Waals surface area contributed by atoms with Crippen molar-refractivity contribution >= 4 is 44.8 Å². The first-order valence-corrected chi connectivity index (χ1v) is 9.82. The number of rotatable bonds is 3. The van der Waals surface area contributed by atoms with Crippen LogP contribution in [0.4, 0.5) is 5.69 Å². The van der Waals surface area contributed by atoms with Gasteiger partial charge in [-0.05, 0) is 35.9 Å². The normalized spacial score (nSPS) is 23.3. The lowest BCUT2D eigenvalue weighted by Crippen LogP contribution is -2.42. The van der Waals surface area contributed by atoms with Gasteiger partial charge in [-0.3, -0.25) is 9.10 Å². The Bertz CT molecular complexity index is 974. The van der Waals surface area contributed by atoms with Gasteiger partial charge in [0.15, 0.2) is 0 Å². The second-order valence-electron chi connectivity index (χ2n) is 7.22. The van der Waals surface area contributed by atoms with Crippen molar-refractivity contribution in [3.8, 4) is 0 Å². The van der Waals surface area contributed by atoms with Crippen LogP contribution in [0.5, 0.6) is 0 Å². The summed E-state index contributed by atoms with van der Waals surface area (Å²) in [5, 5.41) is 1.57. The van der Waals surface area contributed by atoms with E-state index in [9.17, 15) is 13.2 Å². The predicted molar refractivity (Wildman–Crippen MR) is 104 cm³/mol. The van der Waals surface area contributed by atoms with Gasteiger partial charge in [0.1, 0.15) is 6.54 Å². The SMILES string of the molecule is CC1(CN)CCN(C(=O)CN2c3cccc4cccc(c34)S2(=O)=O)C1.Cl. The van der Waals surface area contributed by atoms with Crippen LogP contribution in [-0.4, -0.2) is 45.4 Å². The molecule has 2 N–H and O–H groups in total.